The smallest absolute Gasteiger partial charge is 0.277 e. The van der Waals surface area contributed by atoms with Crippen LogP contribution in [0.4, 0.5) is 5.69 Å². The van der Waals surface area contributed by atoms with E-state index in [1.165, 1.54) is 17.3 Å². The molecule has 0 bridgehead atoms. The molecule has 0 radical (unpaired) electrons. The maximum absolute atomic E-state index is 12.1. The van der Waals surface area contributed by atoms with Crippen molar-refractivity contribution in [3.63, 3.8) is 0 Å². The largest absolute Gasteiger partial charge is 0.411 e. The minimum Gasteiger partial charge on any atom is -0.411 e. The molecule has 26 heavy (non-hydrogen) atoms. The number of hydrogen-bond acceptors (Lipinski definition) is 5. The molecule has 0 unspecified atom stereocenters. The molecular weight excluding hydrogens is 414 g/mol. The van der Waals surface area contributed by atoms with E-state index in [4.69, 9.17) is 4.42 Å². The summed E-state index contributed by atoms with van der Waals surface area (Å²) in [5.41, 5.74) is 2.84. The van der Waals surface area contributed by atoms with Crippen LogP contribution in [0.15, 0.2) is 62.6 Å². The molecule has 7 heteroatoms. The van der Waals surface area contributed by atoms with Crippen molar-refractivity contribution in [2.45, 2.75) is 25.0 Å². The summed E-state index contributed by atoms with van der Waals surface area (Å²) >= 11 is 4.62. The van der Waals surface area contributed by atoms with Crippen LogP contribution in [-0.2, 0) is 4.79 Å². The first kappa shape index (κ1) is 18.7. The molecule has 0 spiro atoms. The number of anilines is 1. The summed E-state index contributed by atoms with van der Waals surface area (Å²) in [5.74, 6) is 0.978. The number of nitrogens with one attached hydrogen (secondary N) is 1. The van der Waals surface area contributed by atoms with E-state index in [-0.39, 0.29) is 11.7 Å². The van der Waals surface area contributed by atoms with Gasteiger partial charge in [-0.15, -0.1) is 10.2 Å². The topological polar surface area (TPSA) is 68.0 Å². The zero-order valence-corrected chi connectivity index (χ0v) is 16.8. The Morgan fingerprint density at radius 2 is 1.96 bits per heavy atom. The van der Waals surface area contributed by atoms with E-state index in [1.807, 2.05) is 48.5 Å². The Morgan fingerprint density at radius 3 is 2.65 bits per heavy atom. The summed E-state index contributed by atoms with van der Waals surface area (Å²) in [6, 6.07) is 15.5. The molecule has 0 saturated heterocycles. The Bertz CT molecular complexity index is 894. The lowest BCUT2D eigenvalue weighted by atomic mass is 10.0. The molecule has 0 atom stereocenters. The number of thioether (sulfide) groups is 1. The summed E-state index contributed by atoms with van der Waals surface area (Å²) in [7, 11) is 0. The third kappa shape index (κ3) is 4.95. The highest BCUT2D eigenvalue weighted by molar-refractivity contribution is 9.10. The second-order valence-corrected chi connectivity index (χ2v) is 7.84. The maximum atomic E-state index is 12.1. The Labute approximate surface area is 164 Å². The van der Waals surface area contributed by atoms with Gasteiger partial charge in [0.25, 0.3) is 5.22 Å². The predicted molar refractivity (Wildman–Crippen MR) is 107 cm³/mol. The van der Waals surface area contributed by atoms with Gasteiger partial charge in [0.15, 0.2) is 0 Å². The van der Waals surface area contributed by atoms with Gasteiger partial charge >= 0.3 is 0 Å². The molecule has 1 heterocycles. The summed E-state index contributed by atoms with van der Waals surface area (Å²) in [5, 5.41) is 11.2. The van der Waals surface area contributed by atoms with Crippen LogP contribution in [0.25, 0.3) is 11.5 Å². The molecule has 2 aromatic carbocycles. The van der Waals surface area contributed by atoms with E-state index in [1.54, 1.807) is 0 Å². The number of rotatable bonds is 6. The monoisotopic (exact) mass is 431 g/mol. The van der Waals surface area contributed by atoms with Crippen molar-refractivity contribution in [3.8, 4) is 11.5 Å². The maximum Gasteiger partial charge on any atom is 0.277 e. The summed E-state index contributed by atoms with van der Waals surface area (Å²) < 4.78 is 6.54. The van der Waals surface area contributed by atoms with Gasteiger partial charge in [-0.05, 0) is 41.8 Å². The number of hydrogen-bond donors (Lipinski definition) is 1. The Morgan fingerprint density at radius 1 is 1.19 bits per heavy atom. The molecule has 0 aliphatic rings. The van der Waals surface area contributed by atoms with E-state index in [0.29, 0.717) is 17.0 Å². The lowest BCUT2D eigenvalue weighted by molar-refractivity contribution is -0.113. The third-order valence-corrected chi connectivity index (χ3v) is 4.98. The van der Waals surface area contributed by atoms with E-state index in [2.05, 4.69) is 45.3 Å². The average Bonchev–Trinajstić information content (AvgIpc) is 3.09. The van der Waals surface area contributed by atoms with Crippen molar-refractivity contribution < 1.29 is 9.21 Å². The molecule has 1 amide bonds. The predicted octanol–water partition coefficient (Wildman–Crippen LogP) is 5.35. The van der Waals surface area contributed by atoms with E-state index in [9.17, 15) is 4.79 Å². The van der Waals surface area contributed by atoms with Gasteiger partial charge in [0.2, 0.25) is 11.8 Å². The van der Waals surface area contributed by atoms with E-state index in [0.717, 1.165) is 15.7 Å². The third-order valence-electron chi connectivity index (χ3n) is 3.67. The lowest BCUT2D eigenvalue weighted by Crippen LogP contribution is -2.14. The molecule has 134 valence electrons. The van der Waals surface area contributed by atoms with Crippen LogP contribution in [0, 0.1) is 0 Å². The summed E-state index contributed by atoms with van der Waals surface area (Å²) in [6.45, 7) is 4.27. The number of nitrogens with zero attached hydrogens (tertiary/aromatic N) is 2. The minimum absolute atomic E-state index is 0.116. The van der Waals surface area contributed by atoms with Gasteiger partial charge < -0.3 is 9.73 Å². The van der Waals surface area contributed by atoms with Gasteiger partial charge in [-0.1, -0.05) is 59.7 Å². The van der Waals surface area contributed by atoms with Gasteiger partial charge in [0.05, 0.1) is 5.75 Å². The molecule has 3 aromatic rings. The van der Waals surface area contributed by atoms with Gasteiger partial charge in [0.1, 0.15) is 0 Å². The van der Waals surface area contributed by atoms with Gasteiger partial charge in [-0.25, -0.2) is 0 Å². The zero-order chi connectivity index (χ0) is 18.5. The Kier molecular flexibility index (Phi) is 6.11. The summed E-state index contributed by atoms with van der Waals surface area (Å²) in [4.78, 5) is 12.1. The quantitative estimate of drug-likeness (QED) is 0.532. The minimum atomic E-state index is -0.116. The van der Waals surface area contributed by atoms with Gasteiger partial charge in [-0.2, -0.15) is 0 Å². The van der Waals surface area contributed by atoms with Crippen molar-refractivity contribution in [2.24, 2.45) is 0 Å². The Balaban J connectivity index is 1.55. The Hall–Kier alpha value is -2.12. The molecular formula is C19H18BrN3O2S. The van der Waals surface area contributed by atoms with E-state index < -0.39 is 0 Å². The number of halogens is 1. The highest BCUT2D eigenvalue weighted by Gasteiger charge is 2.12. The number of aromatic nitrogens is 2. The number of carbonyl (C=O) groups excluding carboxylic acids is 1. The number of amides is 1. The first-order chi connectivity index (χ1) is 12.5. The van der Waals surface area contributed by atoms with Crippen LogP contribution in [0.1, 0.15) is 25.3 Å². The normalized spacial score (nSPS) is 10.9. The molecule has 1 aromatic heterocycles. The van der Waals surface area contributed by atoms with Gasteiger partial charge in [0, 0.05) is 15.7 Å². The van der Waals surface area contributed by atoms with Crippen LogP contribution < -0.4 is 5.32 Å². The van der Waals surface area contributed by atoms with Crippen LogP contribution in [-0.4, -0.2) is 21.9 Å². The lowest BCUT2D eigenvalue weighted by Gasteiger charge is -2.07. The van der Waals surface area contributed by atoms with Crippen molar-refractivity contribution in [1.82, 2.24) is 10.2 Å². The van der Waals surface area contributed by atoms with Crippen LogP contribution >= 0.6 is 27.7 Å². The fourth-order valence-electron chi connectivity index (χ4n) is 2.28. The second-order valence-electron chi connectivity index (χ2n) is 6.00. The van der Waals surface area contributed by atoms with Crippen LogP contribution in [0.5, 0.6) is 0 Å². The molecule has 0 saturated carbocycles. The highest BCUT2D eigenvalue weighted by atomic mass is 79.9. The van der Waals surface area contributed by atoms with Crippen molar-refractivity contribution in [1.29, 1.82) is 0 Å². The molecule has 1 N–H and O–H groups in total. The number of carbonyl (C=O) groups is 1. The molecule has 0 aliphatic heterocycles. The van der Waals surface area contributed by atoms with E-state index >= 15 is 0 Å². The SMILES string of the molecule is CC(C)c1ccc(NC(=O)CSc2nnc(-c3cccc(Br)c3)o2)cc1. The van der Waals surface area contributed by atoms with Crippen molar-refractivity contribution in [3.05, 3.63) is 58.6 Å². The molecule has 0 aliphatic carbocycles. The number of benzene rings is 2. The standard InChI is InChI=1S/C19H18BrN3O2S/c1-12(2)13-6-8-16(9-7-13)21-17(24)11-26-19-23-22-18(25-19)14-4-3-5-15(20)10-14/h3-10,12H,11H2,1-2H3,(H,21,24). The van der Waals surface area contributed by atoms with Crippen molar-refractivity contribution in [2.75, 3.05) is 11.1 Å². The molecule has 3 rings (SSSR count). The molecule has 0 fully saturated rings. The van der Waals surface area contributed by atoms with Crippen molar-refractivity contribution >= 4 is 39.3 Å². The fraction of sp³-hybridized carbons (Fsp3) is 0.211. The van der Waals surface area contributed by atoms with Crippen LogP contribution in [0.2, 0.25) is 0 Å². The average molecular weight is 432 g/mol. The highest BCUT2D eigenvalue weighted by Crippen LogP contribution is 2.25. The fourth-order valence-corrected chi connectivity index (χ4v) is 3.24. The second kappa shape index (κ2) is 8.51. The zero-order valence-electron chi connectivity index (χ0n) is 14.4. The van der Waals surface area contributed by atoms with Crippen LogP contribution in [0.3, 0.4) is 0 Å². The first-order valence-electron chi connectivity index (χ1n) is 8.13. The first-order valence-corrected chi connectivity index (χ1v) is 9.91. The molecule has 5 nitrogen and oxygen atoms in total. The summed E-state index contributed by atoms with van der Waals surface area (Å²) in [6.07, 6.45) is 0. The van der Waals surface area contributed by atoms with Gasteiger partial charge in [-0.3, -0.25) is 4.79 Å².